The lowest BCUT2D eigenvalue weighted by molar-refractivity contribution is 0.485. The van der Waals surface area contributed by atoms with E-state index in [-0.39, 0.29) is 5.41 Å². The summed E-state index contributed by atoms with van der Waals surface area (Å²) in [5.41, 5.74) is 2.60. The van der Waals surface area contributed by atoms with Gasteiger partial charge in [-0.1, -0.05) is 76.6 Å². The van der Waals surface area contributed by atoms with Crippen LogP contribution in [-0.2, 0) is 17.7 Å². The number of hydrogen-bond acceptors (Lipinski definition) is 6. The molecule has 0 amide bonds. The van der Waals surface area contributed by atoms with Gasteiger partial charge in [0.25, 0.3) is 0 Å². The Morgan fingerprint density at radius 1 is 1.03 bits per heavy atom. The molecule has 0 bridgehead atoms. The third-order valence-corrected chi connectivity index (χ3v) is 6.67. The smallest absolute Gasteiger partial charge is 0.192 e. The van der Waals surface area contributed by atoms with E-state index in [1.165, 1.54) is 31.2 Å². The molecule has 160 valence electrons. The van der Waals surface area contributed by atoms with Gasteiger partial charge in [-0.3, -0.25) is 4.57 Å². The number of aromatic nitrogens is 7. The van der Waals surface area contributed by atoms with Crippen molar-refractivity contribution in [1.82, 2.24) is 35.0 Å². The van der Waals surface area contributed by atoms with Crippen LogP contribution in [0.5, 0.6) is 0 Å². The molecule has 7 nitrogen and oxygen atoms in total. The van der Waals surface area contributed by atoms with Crippen LogP contribution < -0.4 is 0 Å². The summed E-state index contributed by atoms with van der Waals surface area (Å²) >= 11 is 1.68. The molecule has 8 heteroatoms. The van der Waals surface area contributed by atoms with Crippen molar-refractivity contribution in [3.63, 3.8) is 0 Å². The van der Waals surface area contributed by atoms with Gasteiger partial charge in [0.1, 0.15) is 0 Å². The Kier molecular flexibility index (Phi) is 6.22. The van der Waals surface area contributed by atoms with Crippen molar-refractivity contribution >= 4 is 11.8 Å². The average molecular weight is 426 g/mol. The number of tetrazole rings is 1. The van der Waals surface area contributed by atoms with Crippen LogP contribution in [0.25, 0.3) is 11.4 Å². The number of aryl methyl sites for hydroxylation is 1. The first-order valence-electron chi connectivity index (χ1n) is 10.9. The molecule has 4 rings (SSSR count). The summed E-state index contributed by atoms with van der Waals surface area (Å²) in [5, 5.41) is 22.3. The van der Waals surface area contributed by atoms with Crippen LogP contribution in [0.15, 0.2) is 29.4 Å². The monoisotopic (exact) mass is 425 g/mol. The van der Waals surface area contributed by atoms with Crippen molar-refractivity contribution in [1.29, 1.82) is 0 Å². The van der Waals surface area contributed by atoms with Gasteiger partial charge in [-0.25, -0.2) is 4.68 Å². The maximum atomic E-state index is 4.62. The summed E-state index contributed by atoms with van der Waals surface area (Å²) in [7, 11) is 0. The molecule has 30 heavy (non-hydrogen) atoms. The Hall–Kier alpha value is -2.22. The van der Waals surface area contributed by atoms with E-state index in [1.807, 2.05) is 4.68 Å². The summed E-state index contributed by atoms with van der Waals surface area (Å²) in [6.45, 7) is 9.69. The number of hydrogen-bond donors (Lipinski definition) is 0. The van der Waals surface area contributed by atoms with Gasteiger partial charge in [-0.15, -0.1) is 15.3 Å². The van der Waals surface area contributed by atoms with Crippen LogP contribution in [0, 0.1) is 0 Å². The van der Waals surface area contributed by atoms with Crippen LogP contribution in [0.4, 0.5) is 0 Å². The SMILES string of the molecule is CCCn1nnnc1CSc1nnc(-c2ccc(C(C)(C)C)cc2)n1C1CCCC1. The standard InChI is InChI=1S/C22H31N7S/c1-5-14-28-19(23-26-27-28)15-30-21-25-24-20(29(21)18-8-6-7-9-18)16-10-12-17(13-11-16)22(2,3)4/h10-13,18H,5-9,14-15H2,1-4H3. The molecule has 2 aromatic heterocycles. The highest BCUT2D eigenvalue weighted by Crippen LogP contribution is 2.37. The van der Waals surface area contributed by atoms with Gasteiger partial charge in [0, 0.05) is 18.2 Å². The maximum Gasteiger partial charge on any atom is 0.192 e. The fourth-order valence-corrected chi connectivity index (χ4v) is 4.96. The van der Waals surface area contributed by atoms with Gasteiger partial charge >= 0.3 is 0 Å². The molecular formula is C22H31N7S. The van der Waals surface area contributed by atoms with Crippen molar-refractivity contribution in [2.75, 3.05) is 0 Å². The number of nitrogens with zero attached hydrogens (tertiary/aromatic N) is 7. The molecule has 0 unspecified atom stereocenters. The molecule has 1 fully saturated rings. The zero-order valence-corrected chi connectivity index (χ0v) is 19.2. The lowest BCUT2D eigenvalue weighted by atomic mass is 9.86. The zero-order chi connectivity index (χ0) is 21.1. The predicted molar refractivity (Wildman–Crippen MR) is 119 cm³/mol. The van der Waals surface area contributed by atoms with Crippen LogP contribution in [-0.4, -0.2) is 35.0 Å². The highest BCUT2D eigenvalue weighted by molar-refractivity contribution is 7.98. The molecular weight excluding hydrogens is 394 g/mol. The Bertz CT molecular complexity index is 962. The molecule has 0 N–H and O–H groups in total. The normalized spacial score (nSPS) is 15.2. The van der Waals surface area contributed by atoms with Gasteiger partial charge < -0.3 is 0 Å². The Labute approximate surface area is 182 Å². The molecule has 1 saturated carbocycles. The predicted octanol–water partition coefficient (Wildman–Crippen LogP) is 5.05. The van der Waals surface area contributed by atoms with E-state index in [2.05, 4.69) is 82.3 Å². The maximum absolute atomic E-state index is 4.62. The highest BCUT2D eigenvalue weighted by atomic mass is 32.2. The molecule has 0 radical (unpaired) electrons. The van der Waals surface area contributed by atoms with Crippen molar-refractivity contribution in [3.8, 4) is 11.4 Å². The molecule has 1 aliphatic rings. The summed E-state index contributed by atoms with van der Waals surface area (Å²) in [4.78, 5) is 0. The number of thioether (sulfide) groups is 1. The van der Waals surface area contributed by atoms with E-state index in [0.717, 1.165) is 35.3 Å². The van der Waals surface area contributed by atoms with Gasteiger partial charge in [0.05, 0.1) is 5.75 Å². The van der Waals surface area contributed by atoms with E-state index in [9.17, 15) is 0 Å². The summed E-state index contributed by atoms with van der Waals surface area (Å²) in [5.74, 6) is 2.55. The molecule has 2 heterocycles. The summed E-state index contributed by atoms with van der Waals surface area (Å²) in [6.07, 6.45) is 5.92. The van der Waals surface area contributed by atoms with Crippen molar-refractivity contribution in [2.24, 2.45) is 0 Å². The van der Waals surface area contributed by atoms with Gasteiger partial charge in [0.2, 0.25) is 0 Å². The second-order valence-electron chi connectivity index (χ2n) is 9.05. The van der Waals surface area contributed by atoms with Gasteiger partial charge in [0.15, 0.2) is 16.8 Å². The molecule has 3 aromatic rings. The second kappa shape index (κ2) is 8.88. The van der Waals surface area contributed by atoms with Crippen LogP contribution in [0.2, 0.25) is 0 Å². The minimum Gasteiger partial charge on any atom is -0.299 e. The molecule has 0 atom stereocenters. The minimum atomic E-state index is 0.140. The average Bonchev–Trinajstić information content (AvgIpc) is 3.46. The van der Waals surface area contributed by atoms with E-state index in [1.54, 1.807) is 11.8 Å². The van der Waals surface area contributed by atoms with Crippen molar-refractivity contribution in [3.05, 3.63) is 35.7 Å². The van der Waals surface area contributed by atoms with Crippen LogP contribution in [0.3, 0.4) is 0 Å². The molecule has 1 aliphatic carbocycles. The number of rotatable bonds is 7. The third-order valence-electron chi connectivity index (χ3n) is 5.74. The quantitative estimate of drug-likeness (QED) is 0.493. The lowest BCUT2D eigenvalue weighted by Crippen LogP contribution is -2.11. The first-order valence-corrected chi connectivity index (χ1v) is 11.9. The van der Waals surface area contributed by atoms with Crippen molar-refractivity contribution in [2.45, 2.75) is 88.7 Å². The highest BCUT2D eigenvalue weighted by Gasteiger charge is 2.25. The summed E-state index contributed by atoms with van der Waals surface area (Å²) in [6, 6.07) is 9.27. The third kappa shape index (κ3) is 4.43. The van der Waals surface area contributed by atoms with Crippen molar-refractivity contribution < 1.29 is 0 Å². The molecule has 0 aliphatic heterocycles. The first-order chi connectivity index (χ1) is 14.5. The number of benzene rings is 1. The lowest BCUT2D eigenvalue weighted by Gasteiger charge is -2.20. The zero-order valence-electron chi connectivity index (χ0n) is 18.4. The summed E-state index contributed by atoms with van der Waals surface area (Å²) < 4.78 is 4.24. The van der Waals surface area contributed by atoms with E-state index < -0.39 is 0 Å². The second-order valence-corrected chi connectivity index (χ2v) is 9.99. The van der Waals surface area contributed by atoms with E-state index in [4.69, 9.17) is 0 Å². The van der Waals surface area contributed by atoms with Gasteiger partial charge in [-0.05, 0) is 40.7 Å². The molecule has 0 saturated heterocycles. The molecule has 1 aromatic carbocycles. The fraction of sp³-hybridized carbons (Fsp3) is 0.591. The van der Waals surface area contributed by atoms with E-state index in [0.29, 0.717) is 11.8 Å². The largest absolute Gasteiger partial charge is 0.299 e. The Morgan fingerprint density at radius 2 is 1.77 bits per heavy atom. The fourth-order valence-electron chi connectivity index (χ4n) is 4.02. The Balaban J connectivity index is 1.62. The van der Waals surface area contributed by atoms with Crippen LogP contribution >= 0.6 is 11.8 Å². The molecule has 0 spiro atoms. The van der Waals surface area contributed by atoms with Crippen LogP contribution in [0.1, 0.15) is 77.2 Å². The first kappa shape index (κ1) is 21.0. The topological polar surface area (TPSA) is 74.3 Å². The van der Waals surface area contributed by atoms with E-state index >= 15 is 0 Å². The van der Waals surface area contributed by atoms with Gasteiger partial charge in [-0.2, -0.15) is 0 Å². The Morgan fingerprint density at radius 3 is 2.43 bits per heavy atom. The minimum absolute atomic E-state index is 0.140.